The highest BCUT2D eigenvalue weighted by atomic mass is 16.6. The molecule has 14 nitrogen and oxygen atoms in total. The molecule has 12 rings (SSSR count). The summed E-state index contributed by atoms with van der Waals surface area (Å²) < 4.78 is 24.8. The van der Waals surface area contributed by atoms with Gasteiger partial charge in [-0.15, -0.1) is 0 Å². The van der Waals surface area contributed by atoms with Crippen molar-refractivity contribution in [3.8, 4) is 102 Å². The van der Waals surface area contributed by atoms with Gasteiger partial charge in [-0.05, 0) is 168 Å². The van der Waals surface area contributed by atoms with Gasteiger partial charge in [0, 0.05) is 70.9 Å². The van der Waals surface area contributed by atoms with Gasteiger partial charge in [0.2, 0.25) is 0 Å². The van der Waals surface area contributed by atoms with Crippen molar-refractivity contribution in [2.45, 2.75) is 6.92 Å². The number of carbonyl (C=O) groups is 4. The summed E-state index contributed by atoms with van der Waals surface area (Å²) >= 11 is 0. The molecule has 0 fully saturated rings. The van der Waals surface area contributed by atoms with Crippen molar-refractivity contribution in [2.24, 2.45) is 4.99 Å². The molecule has 0 amide bonds. The second kappa shape index (κ2) is 27.4. The number of benzene rings is 8. The molecule has 0 N–H and O–H groups in total. The number of allylic oxidation sites excluding steroid dienone is 3. The standard InChI is InChI=1S/C77H52N6O8/c1-3-4-15-68(78-2)50-19-31-56(32-20-50)74(84)88-62-44-60(45-63(48-62)89-75(85)57-33-21-51(22-34-57)69-16-5-8-39-79-69)66-13-11-14-67(72(66)54-27-29-55(30-28-54)73-82-42-12-43-83-73)61-46-64(90-76(86)58-35-23-52(24-36-58)70-17-6-9-40-80-70)49-65(47-61)91-77(87)59-37-25-53(26-38-59)71-18-7-10-41-81-71/h3-49H,2H2,1H3/b4-3-,68-15-. The molecule has 4 heterocycles. The highest BCUT2D eigenvalue weighted by molar-refractivity contribution is 5.99. The Balaban J connectivity index is 0.974. The first-order valence-electron chi connectivity index (χ1n) is 28.8. The zero-order chi connectivity index (χ0) is 62.5. The van der Waals surface area contributed by atoms with Gasteiger partial charge >= 0.3 is 23.9 Å². The van der Waals surface area contributed by atoms with E-state index in [1.54, 1.807) is 158 Å². The van der Waals surface area contributed by atoms with E-state index >= 15 is 0 Å². The van der Waals surface area contributed by atoms with Crippen molar-refractivity contribution >= 4 is 36.3 Å². The average molecular weight is 1190 g/mol. The summed E-state index contributed by atoms with van der Waals surface area (Å²) in [4.78, 5) is 83.3. The van der Waals surface area contributed by atoms with Crippen LogP contribution >= 0.6 is 0 Å². The fourth-order valence-electron chi connectivity index (χ4n) is 10.1. The summed E-state index contributed by atoms with van der Waals surface area (Å²) in [6.45, 7) is 5.60. The second-order valence-electron chi connectivity index (χ2n) is 20.5. The van der Waals surface area contributed by atoms with Crippen LogP contribution in [0.1, 0.15) is 53.9 Å². The van der Waals surface area contributed by atoms with Crippen LogP contribution in [0.15, 0.2) is 291 Å². The molecule has 0 unspecified atom stereocenters. The van der Waals surface area contributed by atoms with Crippen LogP contribution in [0.5, 0.6) is 23.0 Å². The molecule has 0 aliphatic heterocycles. The minimum Gasteiger partial charge on any atom is -0.423 e. The first-order chi connectivity index (χ1) is 44.6. The zero-order valence-electron chi connectivity index (χ0n) is 48.8. The van der Waals surface area contributed by atoms with Crippen LogP contribution in [-0.2, 0) is 0 Å². The monoisotopic (exact) mass is 1190 g/mol. The first kappa shape index (κ1) is 58.7. The molecule has 0 radical (unpaired) electrons. The van der Waals surface area contributed by atoms with E-state index in [0.717, 1.165) is 44.9 Å². The number of aliphatic imine (C=N–C) groups is 1. The topological polar surface area (TPSA) is 182 Å². The van der Waals surface area contributed by atoms with E-state index in [0.29, 0.717) is 44.9 Å². The van der Waals surface area contributed by atoms with Gasteiger partial charge in [-0.2, -0.15) is 0 Å². The highest BCUT2D eigenvalue weighted by Crippen LogP contribution is 2.45. The number of pyridine rings is 3. The van der Waals surface area contributed by atoms with Crippen molar-refractivity contribution in [3.05, 3.63) is 314 Å². The van der Waals surface area contributed by atoms with Crippen molar-refractivity contribution < 1.29 is 38.1 Å². The number of esters is 4. The maximum absolute atomic E-state index is 14.2. The Morgan fingerprint density at radius 2 is 0.692 bits per heavy atom. The van der Waals surface area contributed by atoms with Gasteiger partial charge in [-0.1, -0.05) is 121 Å². The number of nitrogens with zero attached hydrogens (tertiary/aromatic N) is 6. The van der Waals surface area contributed by atoms with Gasteiger partial charge in [0.25, 0.3) is 0 Å². The molecule has 438 valence electrons. The highest BCUT2D eigenvalue weighted by Gasteiger charge is 2.23. The van der Waals surface area contributed by atoms with E-state index in [1.165, 1.54) is 12.1 Å². The molecule has 8 aromatic carbocycles. The molecule has 91 heavy (non-hydrogen) atoms. The van der Waals surface area contributed by atoms with Gasteiger partial charge in [0.15, 0.2) is 5.82 Å². The molecule has 0 saturated heterocycles. The van der Waals surface area contributed by atoms with Gasteiger partial charge in [-0.25, -0.2) is 29.1 Å². The summed E-state index contributed by atoms with van der Waals surface area (Å²) in [6.07, 6.45) is 14.0. The fraction of sp³-hybridized carbons (Fsp3) is 0.0130. The van der Waals surface area contributed by atoms with Gasteiger partial charge < -0.3 is 18.9 Å². The van der Waals surface area contributed by atoms with Crippen LogP contribution in [0, 0.1) is 0 Å². The number of aromatic nitrogens is 5. The van der Waals surface area contributed by atoms with Crippen LogP contribution in [-0.4, -0.2) is 55.5 Å². The lowest BCUT2D eigenvalue weighted by Crippen LogP contribution is -2.11. The molecule has 0 aliphatic carbocycles. The lowest BCUT2D eigenvalue weighted by Gasteiger charge is -2.19. The molecule has 0 spiro atoms. The third kappa shape index (κ3) is 14.0. The molecular formula is C77H52N6O8. The third-order valence-electron chi connectivity index (χ3n) is 14.6. The number of rotatable bonds is 18. The molecule has 0 saturated carbocycles. The molecule has 14 heteroatoms. The SMILES string of the molecule is C=N/C(=C\C=C/C)c1ccc(C(=O)Oc2cc(OC(=O)c3ccc(-c4ccccn4)cc3)cc(-c3cccc(-c4cc(OC(=O)c5ccc(-c6ccccn6)cc5)cc(OC(=O)c5ccc(-c6ccccn6)cc5)c4)c3-c3ccc(-c4ncccn4)cc3)c2)cc1. The number of hydrogen-bond donors (Lipinski definition) is 0. The van der Waals surface area contributed by atoms with E-state index in [9.17, 15) is 19.2 Å². The third-order valence-corrected chi connectivity index (χ3v) is 14.6. The van der Waals surface area contributed by atoms with Crippen molar-refractivity contribution in [1.29, 1.82) is 0 Å². The lowest BCUT2D eigenvalue weighted by atomic mass is 9.87. The number of carbonyl (C=O) groups excluding carboxylic acids is 4. The molecular weight excluding hydrogens is 1140 g/mol. The van der Waals surface area contributed by atoms with Crippen LogP contribution < -0.4 is 18.9 Å². The maximum atomic E-state index is 14.2. The van der Waals surface area contributed by atoms with E-state index in [1.807, 2.05) is 122 Å². The van der Waals surface area contributed by atoms with Crippen molar-refractivity contribution in [3.63, 3.8) is 0 Å². The molecule has 0 bridgehead atoms. The molecule has 0 atom stereocenters. The number of hydrogen-bond acceptors (Lipinski definition) is 14. The predicted molar refractivity (Wildman–Crippen MR) is 351 cm³/mol. The minimum absolute atomic E-state index is 0.0541. The Bertz CT molecular complexity index is 4570. The summed E-state index contributed by atoms with van der Waals surface area (Å²) in [5, 5.41) is 0. The van der Waals surface area contributed by atoms with Gasteiger partial charge in [-0.3, -0.25) is 19.9 Å². The smallest absolute Gasteiger partial charge is 0.343 e. The quantitative estimate of drug-likeness (QED) is 0.0343. The summed E-state index contributed by atoms with van der Waals surface area (Å²) in [7, 11) is 0. The second-order valence-corrected chi connectivity index (χ2v) is 20.5. The van der Waals surface area contributed by atoms with Crippen LogP contribution in [0.4, 0.5) is 0 Å². The Labute approximate surface area is 523 Å². The van der Waals surface area contributed by atoms with Crippen LogP contribution in [0.2, 0.25) is 0 Å². The van der Waals surface area contributed by atoms with Gasteiger partial charge in [0.1, 0.15) is 23.0 Å². The summed E-state index contributed by atoms with van der Waals surface area (Å²) in [5.74, 6) is -1.97. The van der Waals surface area contributed by atoms with Crippen molar-refractivity contribution in [2.75, 3.05) is 0 Å². The lowest BCUT2D eigenvalue weighted by molar-refractivity contribution is 0.0713. The maximum Gasteiger partial charge on any atom is 0.343 e. The van der Waals surface area contributed by atoms with E-state index in [2.05, 4.69) is 36.6 Å². The van der Waals surface area contributed by atoms with Gasteiger partial charge in [0.05, 0.1) is 45.0 Å². The molecule has 0 aliphatic rings. The summed E-state index contributed by atoms with van der Waals surface area (Å²) in [6, 6.07) is 68.9. The Morgan fingerprint density at radius 1 is 0.352 bits per heavy atom. The zero-order valence-corrected chi connectivity index (χ0v) is 48.8. The predicted octanol–water partition coefficient (Wildman–Crippen LogP) is 16.8. The van der Waals surface area contributed by atoms with Crippen molar-refractivity contribution in [1.82, 2.24) is 24.9 Å². The fourth-order valence-corrected chi connectivity index (χ4v) is 10.1. The largest absolute Gasteiger partial charge is 0.423 e. The van der Waals surface area contributed by atoms with Crippen LogP contribution in [0.3, 0.4) is 0 Å². The molecule has 12 aromatic rings. The average Bonchev–Trinajstić information content (AvgIpc) is 0.912. The Morgan fingerprint density at radius 3 is 1.04 bits per heavy atom. The Kier molecular flexibility index (Phi) is 17.6. The number of ether oxygens (including phenoxy) is 4. The first-order valence-corrected chi connectivity index (χ1v) is 28.8. The minimum atomic E-state index is -0.689. The summed E-state index contributed by atoms with van der Waals surface area (Å²) in [5.41, 5.74) is 11.1. The Hall–Kier alpha value is -12.7. The normalized spacial score (nSPS) is 11.2. The molecule has 4 aromatic heterocycles. The van der Waals surface area contributed by atoms with E-state index in [4.69, 9.17) is 18.9 Å². The van der Waals surface area contributed by atoms with Crippen LogP contribution in [0.25, 0.3) is 84.2 Å². The van der Waals surface area contributed by atoms with E-state index in [-0.39, 0.29) is 45.3 Å². The van der Waals surface area contributed by atoms with E-state index < -0.39 is 23.9 Å².